The zero-order chi connectivity index (χ0) is 16.5. The lowest BCUT2D eigenvalue weighted by Gasteiger charge is -2.15. The molecule has 7 heteroatoms. The topological polar surface area (TPSA) is 60.4 Å². The number of methoxy groups -OCH3 is 1. The fourth-order valence-corrected chi connectivity index (χ4v) is 3.73. The van der Waals surface area contributed by atoms with Gasteiger partial charge in [-0.2, -0.15) is 0 Å². The predicted octanol–water partition coefficient (Wildman–Crippen LogP) is 3.06. The monoisotopic (exact) mass is 342 g/mol. The Morgan fingerprint density at radius 1 is 1.25 bits per heavy atom. The number of aryl methyl sites for hydroxylation is 1. The molecule has 3 aromatic rings. The van der Waals surface area contributed by atoms with Gasteiger partial charge in [0.2, 0.25) is 0 Å². The molecule has 0 saturated carbocycles. The van der Waals surface area contributed by atoms with E-state index in [1.54, 1.807) is 30.8 Å². The molecular formula is C17H18N4O2S. The van der Waals surface area contributed by atoms with Gasteiger partial charge in [0.15, 0.2) is 5.13 Å². The van der Waals surface area contributed by atoms with E-state index in [0.717, 1.165) is 46.2 Å². The highest BCUT2D eigenvalue weighted by Gasteiger charge is 2.27. The van der Waals surface area contributed by atoms with Gasteiger partial charge in [-0.05, 0) is 24.6 Å². The number of rotatable bonds is 4. The number of anilines is 1. The number of benzene rings is 1. The van der Waals surface area contributed by atoms with Crippen LogP contribution in [0, 0.1) is 6.92 Å². The number of nitrogens with zero attached hydrogens (tertiary/aromatic N) is 4. The van der Waals surface area contributed by atoms with Crippen molar-refractivity contribution in [1.29, 1.82) is 0 Å². The van der Waals surface area contributed by atoms with Crippen molar-refractivity contribution in [2.24, 2.45) is 0 Å². The Hall–Kier alpha value is -2.41. The van der Waals surface area contributed by atoms with Crippen molar-refractivity contribution in [1.82, 2.24) is 15.0 Å². The number of hydrogen-bond donors (Lipinski definition) is 0. The molecule has 0 aliphatic carbocycles. The lowest BCUT2D eigenvalue weighted by molar-refractivity contribution is 0.206. The maximum Gasteiger partial charge on any atom is 0.316 e. The third-order valence-electron chi connectivity index (χ3n) is 4.03. The van der Waals surface area contributed by atoms with Gasteiger partial charge in [-0.3, -0.25) is 0 Å². The number of hydrogen-bond acceptors (Lipinski definition) is 7. The fourth-order valence-electron chi connectivity index (χ4n) is 2.75. The second-order valence-corrected chi connectivity index (χ2v) is 6.86. The van der Waals surface area contributed by atoms with Crippen LogP contribution in [-0.4, -0.2) is 41.3 Å². The lowest BCUT2D eigenvalue weighted by atomic mass is 10.3. The molecule has 0 amide bonds. The van der Waals surface area contributed by atoms with E-state index in [9.17, 15) is 0 Å². The first kappa shape index (κ1) is 15.1. The third-order valence-corrected chi connectivity index (χ3v) is 5.13. The Morgan fingerprint density at radius 2 is 2.08 bits per heavy atom. The summed E-state index contributed by atoms with van der Waals surface area (Å²) in [4.78, 5) is 15.4. The summed E-state index contributed by atoms with van der Waals surface area (Å²) in [6.07, 6.45) is 4.58. The van der Waals surface area contributed by atoms with Gasteiger partial charge in [0, 0.05) is 31.4 Å². The molecule has 1 saturated heterocycles. The SMILES string of the molecule is COc1ccc2sc(N3CCC(Oc4ncc(C)cn4)C3)nc2c1. The van der Waals surface area contributed by atoms with Crippen LogP contribution < -0.4 is 14.4 Å². The van der Waals surface area contributed by atoms with E-state index in [4.69, 9.17) is 14.5 Å². The maximum absolute atomic E-state index is 5.89. The minimum atomic E-state index is 0.0919. The lowest BCUT2D eigenvalue weighted by Crippen LogP contribution is -2.24. The zero-order valence-corrected chi connectivity index (χ0v) is 14.4. The molecule has 24 heavy (non-hydrogen) atoms. The van der Waals surface area contributed by atoms with Crippen LogP contribution in [0.3, 0.4) is 0 Å². The number of ether oxygens (including phenoxy) is 2. The zero-order valence-electron chi connectivity index (χ0n) is 13.6. The Morgan fingerprint density at radius 3 is 2.88 bits per heavy atom. The first-order valence-corrected chi connectivity index (χ1v) is 8.68. The predicted molar refractivity (Wildman–Crippen MR) is 94.2 cm³/mol. The molecule has 124 valence electrons. The maximum atomic E-state index is 5.89. The Bertz CT molecular complexity index is 849. The molecule has 1 aromatic carbocycles. The summed E-state index contributed by atoms with van der Waals surface area (Å²) in [7, 11) is 1.67. The molecule has 2 aromatic heterocycles. The molecule has 4 rings (SSSR count). The van der Waals surface area contributed by atoms with Crippen molar-refractivity contribution >= 4 is 26.7 Å². The van der Waals surface area contributed by atoms with Gasteiger partial charge in [0.25, 0.3) is 0 Å². The first-order chi connectivity index (χ1) is 11.7. The van der Waals surface area contributed by atoms with Crippen molar-refractivity contribution < 1.29 is 9.47 Å². The van der Waals surface area contributed by atoms with Crippen LogP contribution in [0.25, 0.3) is 10.2 Å². The van der Waals surface area contributed by atoms with Gasteiger partial charge in [-0.15, -0.1) is 0 Å². The molecule has 1 atom stereocenters. The average molecular weight is 342 g/mol. The summed E-state index contributed by atoms with van der Waals surface area (Å²) in [6, 6.07) is 6.44. The molecular weight excluding hydrogens is 324 g/mol. The van der Waals surface area contributed by atoms with Crippen LogP contribution in [0.2, 0.25) is 0 Å². The summed E-state index contributed by atoms with van der Waals surface area (Å²) >= 11 is 1.70. The van der Waals surface area contributed by atoms with E-state index >= 15 is 0 Å². The summed E-state index contributed by atoms with van der Waals surface area (Å²) in [6.45, 7) is 3.69. The van der Waals surface area contributed by atoms with Crippen molar-refractivity contribution in [3.8, 4) is 11.8 Å². The number of aromatic nitrogens is 3. The average Bonchev–Trinajstić information content (AvgIpc) is 3.22. The number of fused-ring (bicyclic) bond motifs is 1. The standard InChI is InChI=1S/C17H18N4O2S/c1-11-8-18-16(19-9-11)23-13-5-6-21(10-13)17-20-14-7-12(22-2)3-4-15(14)24-17/h3-4,7-9,13H,5-6,10H2,1-2H3. The van der Waals surface area contributed by atoms with Gasteiger partial charge in [-0.25, -0.2) is 15.0 Å². The van der Waals surface area contributed by atoms with Gasteiger partial charge >= 0.3 is 6.01 Å². The van der Waals surface area contributed by atoms with Crippen molar-refractivity contribution in [3.05, 3.63) is 36.2 Å². The quantitative estimate of drug-likeness (QED) is 0.726. The summed E-state index contributed by atoms with van der Waals surface area (Å²) < 4.78 is 12.3. The second-order valence-electron chi connectivity index (χ2n) is 5.85. The molecule has 3 heterocycles. The largest absolute Gasteiger partial charge is 0.497 e. The van der Waals surface area contributed by atoms with Crippen LogP contribution in [-0.2, 0) is 0 Å². The molecule has 0 spiro atoms. The second kappa shape index (κ2) is 6.24. The van der Waals surface area contributed by atoms with Crippen molar-refractivity contribution in [2.45, 2.75) is 19.4 Å². The van der Waals surface area contributed by atoms with Crippen LogP contribution in [0.4, 0.5) is 5.13 Å². The molecule has 1 fully saturated rings. The van der Waals surface area contributed by atoms with E-state index in [-0.39, 0.29) is 6.10 Å². The molecule has 0 N–H and O–H groups in total. The van der Waals surface area contributed by atoms with Crippen LogP contribution in [0.15, 0.2) is 30.6 Å². The third kappa shape index (κ3) is 2.99. The minimum Gasteiger partial charge on any atom is -0.497 e. The molecule has 1 aliphatic rings. The normalized spacial score (nSPS) is 17.4. The van der Waals surface area contributed by atoms with E-state index < -0.39 is 0 Å². The van der Waals surface area contributed by atoms with Gasteiger partial charge in [-0.1, -0.05) is 11.3 Å². The molecule has 0 radical (unpaired) electrons. The van der Waals surface area contributed by atoms with Crippen LogP contribution in [0.1, 0.15) is 12.0 Å². The highest BCUT2D eigenvalue weighted by molar-refractivity contribution is 7.22. The Kier molecular flexibility index (Phi) is 3.93. The Labute approximate surface area is 144 Å². The van der Waals surface area contributed by atoms with E-state index in [1.807, 2.05) is 19.1 Å². The molecule has 1 unspecified atom stereocenters. The van der Waals surface area contributed by atoms with E-state index in [0.29, 0.717) is 6.01 Å². The Balaban J connectivity index is 1.47. The molecule has 6 nitrogen and oxygen atoms in total. The van der Waals surface area contributed by atoms with Gasteiger partial charge in [0.1, 0.15) is 11.9 Å². The fraction of sp³-hybridized carbons (Fsp3) is 0.353. The smallest absolute Gasteiger partial charge is 0.316 e. The summed E-state index contributed by atoms with van der Waals surface area (Å²) in [5.74, 6) is 0.832. The van der Waals surface area contributed by atoms with Gasteiger partial charge < -0.3 is 14.4 Å². The number of thiazole rings is 1. The highest BCUT2D eigenvalue weighted by Crippen LogP contribution is 2.33. The first-order valence-electron chi connectivity index (χ1n) is 7.86. The summed E-state index contributed by atoms with van der Waals surface area (Å²) in [5.41, 5.74) is 2.00. The summed E-state index contributed by atoms with van der Waals surface area (Å²) in [5, 5.41) is 1.02. The van der Waals surface area contributed by atoms with Crippen LogP contribution in [0.5, 0.6) is 11.8 Å². The van der Waals surface area contributed by atoms with E-state index in [2.05, 4.69) is 20.9 Å². The van der Waals surface area contributed by atoms with Crippen LogP contribution >= 0.6 is 11.3 Å². The van der Waals surface area contributed by atoms with Crippen molar-refractivity contribution in [3.63, 3.8) is 0 Å². The highest BCUT2D eigenvalue weighted by atomic mass is 32.1. The van der Waals surface area contributed by atoms with E-state index in [1.165, 1.54) is 0 Å². The molecule has 0 bridgehead atoms. The molecule has 1 aliphatic heterocycles. The van der Waals surface area contributed by atoms with Crippen molar-refractivity contribution in [2.75, 3.05) is 25.1 Å². The minimum absolute atomic E-state index is 0.0919. The van der Waals surface area contributed by atoms with Gasteiger partial charge in [0.05, 0.1) is 23.9 Å².